The molecule has 0 aliphatic carbocycles. The summed E-state index contributed by atoms with van der Waals surface area (Å²) < 4.78 is 0. The Labute approximate surface area is 147 Å². The van der Waals surface area contributed by atoms with E-state index in [4.69, 9.17) is 0 Å². The molecule has 2 nitrogen and oxygen atoms in total. The Kier molecular flexibility index (Phi) is 4.25. The van der Waals surface area contributed by atoms with Gasteiger partial charge in [-0.15, -0.1) is 0 Å². The first kappa shape index (κ1) is 15.2. The molecular formula is C23H18N2. The summed E-state index contributed by atoms with van der Waals surface area (Å²) in [5, 5.41) is 1.22. The zero-order valence-electron chi connectivity index (χ0n) is 13.8. The molecule has 4 aromatic rings. The molecule has 0 amide bonds. The van der Waals surface area contributed by atoms with Crippen molar-refractivity contribution in [3.05, 3.63) is 102 Å². The molecule has 2 heterocycles. The molecule has 0 unspecified atom stereocenters. The van der Waals surface area contributed by atoms with Crippen LogP contribution in [-0.4, -0.2) is 9.97 Å². The third kappa shape index (κ3) is 3.43. The summed E-state index contributed by atoms with van der Waals surface area (Å²) in [6, 6.07) is 24.6. The lowest BCUT2D eigenvalue weighted by atomic mass is 10.1. The van der Waals surface area contributed by atoms with E-state index in [1.54, 1.807) is 6.20 Å². The fourth-order valence-corrected chi connectivity index (χ4v) is 2.88. The van der Waals surface area contributed by atoms with E-state index in [0.717, 1.165) is 16.9 Å². The second-order valence-corrected chi connectivity index (χ2v) is 5.83. The van der Waals surface area contributed by atoms with Crippen LogP contribution in [0.2, 0.25) is 0 Å². The van der Waals surface area contributed by atoms with Crippen LogP contribution in [0.5, 0.6) is 0 Å². The van der Waals surface area contributed by atoms with Gasteiger partial charge in [-0.05, 0) is 35.9 Å². The van der Waals surface area contributed by atoms with Crippen LogP contribution in [0.3, 0.4) is 0 Å². The van der Waals surface area contributed by atoms with Crippen LogP contribution in [0.1, 0.15) is 22.5 Å². The van der Waals surface area contributed by atoms with Gasteiger partial charge < -0.3 is 4.98 Å². The van der Waals surface area contributed by atoms with Crippen LogP contribution < -0.4 is 0 Å². The van der Waals surface area contributed by atoms with Gasteiger partial charge in [-0.3, -0.25) is 4.98 Å². The lowest BCUT2D eigenvalue weighted by molar-refractivity contribution is 1.30. The Balaban J connectivity index is 1.76. The van der Waals surface area contributed by atoms with Crippen LogP contribution in [0.4, 0.5) is 0 Å². The first-order valence-corrected chi connectivity index (χ1v) is 8.33. The number of H-pyrrole nitrogens is 1. The van der Waals surface area contributed by atoms with E-state index in [2.05, 4.69) is 76.7 Å². The summed E-state index contributed by atoms with van der Waals surface area (Å²) in [6.45, 7) is 0. The Morgan fingerprint density at radius 1 is 0.680 bits per heavy atom. The van der Waals surface area contributed by atoms with E-state index in [9.17, 15) is 0 Å². The molecule has 0 fully saturated rings. The molecule has 1 N–H and O–H groups in total. The van der Waals surface area contributed by atoms with Crippen molar-refractivity contribution in [2.75, 3.05) is 0 Å². The largest absolute Gasteiger partial charge is 0.355 e. The summed E-state index contributed by atoms with van der Waals surface area (Å²) in [7, 11) is 0. The van der Waals surface area contributed by atoms with Gasteiger partial charge in [0.2, 0.25) is 0 Å². The van der Waals surface area contributed by atoms with Gasteiger partial charge >= 0.3 is 0 Å². The highest BCUT2D eigenvalue weighted by atomic mass is 14.7. The fourth-order valence-electron chi connectivity index (χ4n) is 2.88. The topological polar surface area (TPSA) is 28.7 Å². The highest BCUT2D eigenvalue weighted by Gasteiger charge is 2.06. The molecule has 120 valence electrons. The summed E-state index contributed by atoms with van der Waals surface area (Å²) in [4.78, 5) is 7.86. The molecule has 0 aliphatic heterocycles. The van der Waals surface area contributed by atoms with Crippen molar-refractivity contribution in [3.63, 3.8) is 0 Å². The molecule has 4 rings (SSSR count). The summed E-state index contributed by atoms with van der Waals surface area (Å²) in [5.74, 6) is 0. The molecular weight excluding hydrogens is 304 g/mol. The summed E-state index contributed by atoms with van der Waals surface area (Å²) in [6.07, 6.45) is 10.2. The van der Waals surface area contributed by atoms with Crippen molar-refractivity contribution >= 4 is 35.2 Å². The fraction of sp³-hybridized carbons (Fsp3) is 0. The molecule has 0 atom stereocenters. The molecule has 0 spiro atoms. The maximum absolute atomic E-state index is 4.35. The van der Waals surface area contributed by atoms with E-state index in [0.29, 0.717) is 0 Å². The molecule has 2 aromatic carbocycles. The standard InChI is InChI=1S/C23H18N2/c1-2-8-18(9-3-1)13-15-21-20-11-4-5-12-22(20)25-23(21)16-14-19-10-6-7-17-24-19/h1-17,25H/b15-13+,16-14+. The second-order valence-electron chi connectivity index (χ2n) is 5.83. The van der Waals surface area contributed by atoms with Gasteiger partial charge in [-0.2, -0.15) is 0 Å². The van der Waals surface area contributed by atoms with Crippen molar-refractivity contribution in [3.8, 4) is 0 Å². The number of nitrogens with one attached hydrogen (secondary N) is 1. The first-order chi connectivity index (χ1) is 12.4. The minimum absolute atomic E-state index is 0.944. The molecule has 2 heteroatoms. The van der Waals surface area contributed by atoms with Crippen molar-refractivity contribution in [2.45, 2.75) is 0 Å². The van der Waals surface area contributed by atoms with Crippen LogP contribution in [0.25, 0.3) is 35.2 Å². The number of hydrogen-bond acceptors (Lipinski definition) is 1. The van der Waals surface area contributed by atoms with Crippen molar-refractivity contribution in [1.82, 2.24) is 9.97 Å². The highest BCUT2D eigenvalue weighted by Crippen LogP contribution is 2.26. The molecule has 2 aromatic heterocycles. The quantitative estimate of drug-likeness (QED) is 0.497. The molecule has 25 heavy (non-hydrogen) atoms. The molecule has 0 radical (unpaired) electrons. The van der Waals surface area contributed by atoms with Gasteiger partial charge in [0, 0.05) is 28.4 Å². The number of benzene rings is 2. The molecule has 0 saturated carbocycles. The predicted octanol–water partition coefficient (Wildman–Crippen LogP) is 5.90. The summed E-state index contributed by atoms with van der Waals surface area (Å²) in [5.41, 5.74) is 5.54. The van der Waals surface area contributed by atoms with Crippen molar-refractivity contribution in [2.24, 2.45) is 0 Å². The van der Waals surface area contributed by atoms with Gasteiger partial charge in [-0.1, -0.05) is 66.7 Å². The normalized spacial score (nSPS) is 11.7. The maximum atomic E-state index is 4.35. The Morgan fingerprint density at radius 3 is 2.32 bits per heavy atom. The van der Waals surface area contributed by atoms with Gasteiger partial charge in [0.25, 0.3) is 0 Å². The zero-order chi connectivity index (χ0) is 16.9. The van der Waals surface area contributed by atoms with Crippen LogP contribution in [0.15, 0.2) is 79.0 Å². The van der Waals surface area contributed by atoms with Gasteiger partial charge in [0.05, 0.1) is 5.69 Å². The van der Waals surface area contributed by atoms with E-state index >= 15 is 0 Å². The number of pyridine rings is 1. The maximum Gasteiger partial charge on any atom is 0.0630 e. The lowest BCUT2D eigenvalue weighted by Gasteiger charge is -1.96. The van der Waals surface area contributed by atoms with Crippen LogP contribution in [0, 0.1) is 0 Å². The number of hydrogen-bond donors (Lipinski definition) is 1. The van der Waals surface area contributed by atoms with Crippen LogP contribution >= 0.6 is 0 Å². The molecule has 0 saturated heterocycles. The minimum Gasteiger partial charge on any atom is -0.355 e. The smallest absolute Gasteiger partial charge is 0.0630 e. The Hall–Kier alpha value is -3.39. The third-order valence-electron chi connectivity index (χ3n) is 4.13. The second kappa shape index (κ2) is 7.02. The number of rotatable bonds is 4. The SMILES string of the molecule is C(=C\c1c(/C=C/c2ccccn2)[nH]c2ccccc12)/c1ccccc1. The van der Waals surface area contributed by atoms with E-state index in [-0.39, 0.29) is 0 Å². The average Bonchev–Trinajstić information content (AvgIpc) is 3.04. The number of para-hydroxylation sites is 1. The minimum atomic E-state index is 0.944. The van der Waals surface area contributed by atoms with Crippen molar-refractivity contribution in [1.29, 1.82) is 0 Å². The lowest BCUT2D eigenvalue weighted by Crippen LogP contribution is -1.79. The van der Waals surface area contributed by atoms with Crippen LogP contribution in [-0.2, 0) is 0 Å². The van der Waals surface area contributed by atoms with Crippen molar-refractivity contribution < 1.29 is 0 Å². The molecule has 0 aliphatic rings. The highest BCUT2D eigenvalue weighted by molar-refractivity contribution is 5.96. The predicted molar refractivity (Wildman–Crippen MR) is 107 cm³/mol. The van der Waals surface area contributed by atoms with Gasteiger partial charge in [0.15, 0.2) is 0 Å². The van der Waals surface area contributed by atoms with E-state index < -0.39 is 0 Å². The monoisotopic (exact) mass is 322 g/mol. The van der Waals surface area contributed by atoms with E-state index in [1.807, 2.05) is 30.3 Å². The van der Waals surface area contributed by atoms with Gasteiger partial charge in [0.1, 0.15) is 0 Å². The Morgan fingerprint density at radius 2 is 1.48 bits per heavy atom. The third-order valence-corrected chi connectivity index (χ3v) is 4.13. The number of fused-ring (bicyclic) bond motifs is 1. The average molecular weight is 322 g/mol. The number of nitrogens with zero attached hydrogens (tertiary/aromatic N) is 1. The number of aromatic nitrogens is 2. The Bertz CT molecular complexity index is 1030. The first-order valence-electron chi connectivity index (χ1n) is 8.33. The summed E-state index contributed by atoms with van der Waals surface area (Å²) >= 11 is 0. The van der Waals surface area contributed by atoms with Gasteiger partial charge in [-0.25, -0.2) is 0 Å². The zero-order valence-corrected chi connectivity index (χ0v) is 13.8. The van der Waals surface area contributed by atoms with E-state index in [1.165, 1.54) is 16.5 Å². The number of aromatic amines is 1. The molecule has 0 bridgehead atoms.